The fourth-order valence-electron chi connectivity index (χ4n) is 4.36. The summed E-state index contributed by atoms with van der Waals surface area (Å²) in [6.45, 7) is 5.28. The predicted octanol–water partition coefficient (Wildman–Crippen LogP) is 5.19. The van der Waals surface area contributed by atoms with Gasteiger partial charge in [-0.25, -0.2) is 4.98 Å². The van der Waals surface area contributed by atoms with Crippen molar-refractivity contribution >= 4 is 23.5 Å². The van der Waals surface area contributed by atoms with Crippen molar-refractivity contribution in [3.8, 4) is 11.3 Å². The molecular formula is C28H29F3N4O4. The first-order valence-electron chi connectivity index (χ1n) is 12.3. The number of hydrogen-bond donors (Lipinski definition) is 1. The van der Waals surface area contributed by atoms with Gasteiger partial charge in [-0.1, -0.05) is 6.07 Å². The lowest BCUT2D eigenvalue weighted by atomic mass is 10.0. The zero-order chi connectivity index (χ0) is 28.5. The van der Waals surface area contributed by atoms with E-state index < -0.39 is 35.3 Å². The molecule has 2 aromatic carbocycles. The first-order chi connectivity index (χ1) is 18.2. The Morgan fingerprint density at radius 3 is 2.38 bits per heavy atom. The maximum Gasteiger partial charge on any atom is 0.416 e. The van der Waals surface area contributed by atoms with E-state index in [0.717, 1.165) is 35.5 Å². The van der Waals surface area contributed by atoms with Crippen LogP contribution in [-0.4, -0.2) is 43.9 Å². The number of esters is 1. The Bertz CT molecular complexity index is 1390. The zero-order valence-corrected chi connectivity index (χ0v) is 22.0. The van der Waals surface area contributed by atoms with Crippen LogP contribution in [0.3, 0.4) is 0 Å². The number of aryl methyl sites for hydroxylation is 1. The Morgan fingerprint density at radius 2 is 1.79 bits per heavy atom. The molecule has 0 spiro atoms. The number of alkyl halides is 3. The number of amides is 2. The SMILES string of the molecule is Cn1cnc(-c2ccc3c(c2)CN(C(CCC(=O)OC(C)(C)C)C(=O)Nc2ccc(C(F)(F)F)cc2)C3=O)c1. The van der Waals surface area contributed by atoms with Crippen LogP contribution in [0.15, 0.2) is 55.0 Å². The van der Waals surface area contributed by atoms with E-state index in [-0.39, 0.29) is 31.0 Å². The van der Waals surface area contributed by atoms with E-state index in [9.17, 15) is 27.6 Å². The van der Waals surface area contributed by atoms with Crippen molar-refractivity contribution in [2.24, 2.45) is 7.05 Å². The minimum Gasteiger partial charge on any atom is -0.460 e. The molecule has 11 heteroatoms. The topological polar surface area (TPSA) is 93.5 Å². The van der Waals surface area contributed by atoms with Crippen molar-refractivity contribution < 1.29 is 32.3 Å². The molecule has 8 nitrogen and oxygen atoms in total. The number of carbonyl (C=O) groups is 3. The lowest BCUT2D eigenvalue weighted by molar-refractivity contribution is -0.155. The van der Waals surface area contributed by atoms with Gasteiger partial charge in [0.05, 0.1) is 17.6 Å². The summed E-state index contributed by atoms with van der Waals surface area (Å²) >= 11 is 0. The molecule has 1 aromatic heterocycles. The second kappa shape index (κ2) is 10.5. The number of hydrogen-bond acceptors (Lipinski definition) is 5. The van der Waals surface area contributed by atoms with Gasteiger partial charge in [-0.05, 0) is 69.2 Å². The first-order valence-corrected chi connectivity index (χ1v) is 12.3. The largest absolute Gasteiger partial charge is 0.460 e. The van der Waals surface area contributed by atoms with Crippen LogP contribution >= 0.6 is 0 Å². The zero-order valence-electron chi connectivity index (χ0n) is 22.0. The number of halogens is 3. The van der Waals surface area contributed by atoms with Gasteiger partial charge in [-0.2, -0.15) is 13.2 Å². The lowest BCUT2D eigenvalue weighted by Gasteiger charge is -2.27. The molecule has 1 aliphatic rings. The van der Waals surface area contributed by atoms with Crippen LogP contribution in [0.5, 0.6) is 0 Å². The van der Waals surface area contributed by atoms with E-state index >= 15 is 0 Å². The van der Waals surface area contributed by atoms with E-state index in [0.29, 0.717) is 11.1 Å². The number of nitrogens with zero attached hydrogens (tertiary/aromatic N) is 3. The van der Waals surface area contributed by atoms with E-state index in [4.69, 9.17) is 4.74 Å². The molecule has 4 rings (SSSR count). The summed E-state index contributed by atoms with van der Waals surface area (Å²) in [5.74, 6) is -1.53. The summed E-state index contributed by atoms with van der Waals surface area (Å²) in [6.07, 6.45) is -1.17. The van der Waals surface area contributed by atoms with E-state index in [1.807, 2.05) is 19.3 Å². The number of ether oxygens (including phenoxy) is 1. The fraction of sp³-hybridized carbons (Fsp3) is 0.357. The van der Waals surface area contributed by atoms with E-state index in [2.05, 4.69) is 10.3 Å². The number of benzene rings is 2. The van der Waals surface area contributed by atoms with Crippen LogP contribution in [-0.2, 0) is 34.1 Å². The molecule has 1 atom stereocenters. The van der Waals surface area contributed by atoms with Crippen molar-refractivity contribution in [3.63, 3.8) is 0 Å². The van der Waals surface area contributed by atoms with Crippen LogP contribution in [0.25, 0.3) is 11.3 Å². The standard InChI is InChI=1S/C28H29F3N4O4/c1-27(2,3)39-24(36)12-11-23(25(37)33-20-8-6-19(7-9-20)28(29,30)31)35-14-18-13-17(5-10-21(18)26(35)38)22-15-34(4)16-32-22/h5-10,13,15-16,23H,11-12,14H2,1-4H3,(H,33,37). The summed E-state index contributed by atoms with van der Waals surface area (Å²) in [5, 5.41) is 2.59. The van der Waals surface area contributed by atoms with Crippen LogP contribution < -0.4 is 5.32 Å². The minimum absolute atomic E-state index is 0.0335. The Morgan fingerprint density at radius 1 is 1.10 bits per heavy atom. The van der Waals surface area contributed by atoms with Crippen molar-refractivity contribution in [2.75, 3.05) is 5.32 Å². The molecule has 206 valence electrons. The number of fused-ring (bicyclic) bond motifs is 1. The van der Waals surface area contributed by atoms with Crippen LogP contribution in [0.1, 0.15) is 55.1 Å². The summed E-state index contributed by atoms with van der Waals surface area (Å²) in [7, 11) is 1.85. The third-order valence-electron chi connectivity index (χ3n) is 6.14. The summed E-state index contributed by atoms with van der Waals surface area (Å²) in [5.41, 5.74) is 1.23. The van der Waals surface area contributed by atoms with Gasteiger partial charge in [0, 0.05) is 43.0 Å². The van der Waals surface area contributed by atoms with Gasteiger partial charge in [0.2, 0.25) is 5.91 Å². The number of anilines is 1. The number of imidazole rings is 1. The number of carbonyl (C=O) groups excluding carboxylic acids is 3. The summed E-state index contributed by atoms with van der Waals surface area (Å²) in [4.78, 5) is 44.9. The molecule has 0 saturated heterocycles. The van der Waals surface area contributed by atoms with Crippen molar-refractivity contribution in [3.05, 3.63) is 71.7 Å². The van der Waals surface area contributed by atoms with E-state index in [1.54, 1.807) is 43.8 Å². The maximum atomic E-state index is 13.4. The fourth-order valence-corrected chi connectivity index (χ4v) is 4.36. The highest BCUT2D eigenvalue weighted by Gasteiger charge is 2.37. The normalized spacial score (nSPS) is 14.2. The number of rotatable bonds is 7. The quantitative estimate of drug-likeness (QED) is 0.415. The Labute approximate surface area is 223 Å². The van der Waals surface area contributed by atoms with Crippen molar-refractivity contribution in [1.82, 2.24) is 14.5 Å². The van der Waals surface area contributed by atoms with Crippen LogP contribution in [0.2, 0.25) is 0 Å². The molecule has 2 heterocycles. The lowest BCUT2D eigenvalue weighted by Crippen LogP contribution is -2.44. The molecular weight excluding hydrogens is 513 g/mol. The second-order valence-corrected chi connectivity index (χ2v) is 10.4. The molecule has 1 unspecified atom stereocenters. The molecule has 0 radical (unpaired) electrons. The molecule has 0 bridgehead atoms. The number of aromatic nitrogens is 2. The molecule has 2 amide bonds. The maximum absolute atomic E-state index is 13.4. The average Bonchev–Trinajstić information content (AvgIpc) is 3.41. The predicted molar refractivity (Wildman–Crippen MR) is 137 cm³/mol. The molecule has 39 heavy (non-hydrogen) atoms. The minimum atomic E-state index is -4.51. The third kappa shape index (κ3) is 6.65. The van der Waals surface area contributed by atoms with Gasteiger partial charge >= 0.3 is 12.1 Å². The summed E-state index contributed by atoms with van der Waals surface area (Å²) in [6, 6.07) is 8.24. The third-order valence-corrected chi connectivity index (χ3v) is 6.14. The van der Waals surface area contributed by atoms with Gasteiger partial charge in [-0.15, -0.1) is 0 Å². The second-order valence-electron chi connectivity index (χ2n) is 10.4. The highest BCUT2D eigenvalue weighted by Crippen LogP contribution is 2.32. The highest BCUT2D eigenvalue weighted by atomic mass is 19.4. The first kappa shape index (κ1) is 27.9. The van der Waals surface area contributed by atoms with Crippen molar-refractivity contribution in [1.29, 1.82) is 0 Å². The highest BCUT2D eigenvalue weighted by molar-refractivity contribution is 6.04. The van der Waals surface area contributed by atoms with Crippen molar-refractivity contribution in [2.45, 2.75) is 58.0 Å². The monoisotopic (exact) mass is 542 g/mol. The van der Waals surface area contributed by atoms with Crippen LogP contribution in [0, 0.1) is 0 Å². The Kier molecular flexibility index (Phi) is 7.54. The molecule has 0 aliphatic carbocycles. The molecule has 3 aromatic rings. The van der Waals surface area contributed by atoms with Gasteiger partial charge in [0.25, 0.3) is 5.91 Å². The summed E-state index contributed by atoms with van der Waals surface area (Å²) < 4.78 is 46.0. The van der Waals surface area contributed by atoms with E-state index in [1.165, 1.54) is 4.90 Å². The van der Waals surface area contributed by atoms with Gasteiger partial charge in [0.15, 0.2) is 0 Å². The molecule has 1 aliphatic heterocycles. The average molecular weight is 543 g/mol. The van der Waals surface area contributed by atoms with Crippen LogP contribution in [0.4, 0.5) is 18.9 Å². The van der Waals surface area contributed by atoms with Gasteiger partial charge in [-0.3, -0.25) is 14.4 Å². The van der Waals surface area contributed by atoms with Gasteiger partial charge < -0.3 is 19.5 Å². The molecule has 0 fully saturated rings. The number of nitrogens with one attached hydrogen (secondary N) is 1. The Hall–Kier alpha value is -4.15. The molecule has 1 N–H and O–H groups in total. The smallest absolute Gasteiger partial charge is 0.416 e. The molecule has 0 saturated carbocycles. The Balaban J connectivity index is 1.57. The van der Waals surface area contributed by atoms with Gasteiger partial charge in [0.1, 0.15) is 11.6 Å².